The van der Waals surface area contributed by atoms with Crippen LogP contribution in [0.1, 0.15) is 34.4 Å². The van der Waals surface area contributed by atoms with Crippen molar-refractivity contribution in [2.75, 3.05) is 5.32 Å². The van der Waals surface area contributed by atoms with E-state index in [1.54, 1.807) is 24.3 Å². The lowest BCUT2D eigenvalue weighted by Crippen LogP contribution is -2.19. The van der Waals surface area contributed by atoms with Gasteiger partial charge in [0.25, 0.3) is 11.5 Å². The van der Waals surface area contributed by atoms with E-state index < -0.39 is 0 Å². The first-order chi connectivity index (χ1) is 11.6. The van der Waals surface area contributed by atoms with Crippen LogP contribution < -0.4 is 10.9 Å². The van der Waals surface area contributed by atoms with Crippen LogP contribution in [-0.4, -0.2) is 21.1 Å². The fourth-order valence-corrected chi connectivity index (χ4v) is 4.20. The van der Waals surface area contributed by atoms with E-state index in [1.165, 1.54) is 16.2 Å². The molecule has 0 fully saturated rings. The third-order valence-corrected chi connectivity index (χ3v) is 5.35. The first-order valence-electron chi connectivity index (χ1n) is 7.89. The SMILES string of the molecule is C[C@@H]1CCc2nc(NC(=O)c3n[nH]c(=O)c4ccccc34)sc2C1. The van der Waals surface area contributed by atoms with E-state index in [4.69, 9.17) is 0 Å². The summed E-state index contributed by atoms with van der Waals surface area (Å²) in [4.78, 5) is 30.2. The maximum absolute atomic E-state index is 12.6. The normalized spacial score (nSPS) is 16.8. The van der Waals surface area contributed by atoms with Gasteiger partial charge in [-0.3, -0.25) is 14.9 Å². The van der Waals surface area contributed by atoms with Crippen molar-refractivity contribution in [3.05, 3.63) is 50.9 Å². The van der Waals surface area contributed by atoms with Crippen LogP contribution in [0.15, 0.2) is 29.1 Å². The quantitative estimate of drug-likeness (QED) is 0.751. The fraction of sp³-hybridized carbons (Fsp3) is 0.294. The smallest absolute Gasteiger partial charge is 0.278 e. The van der Waals surface area contributed by atoms with Crippen LogP contribution >= 0.6 is 11.3 Å². The van der Waals surface area contributed by atoms with Crippen molar-refractivity contribution in [3.8, 4) is 0 Å². The second-order valence-electron chi connectivity index (χ2n) is 6.14. The molecule has 2 aromatic heterocycles. The van der Waals surface area contributed by atoms with Gasteiger partial charge >= 0.3 is 0 Å². The van der Waals surface area contributed by atoms with Crippen LogP contribution in [-0.2, 0) is 12.8 Å². The van der Waals surface area contributed by atoms with E-state index in [-0.39, 0.29) is 17.2 Å². The molecule has 1 aliphatic rings. The Labute approximate surface area is 141 Å². The number of hydrogen-bond acceptors (Lipinski definition) is 5. The second kappa shape index (κ2) is 5.83. The summed E-state index contributed by atoms with van der Waals surface area (Å²) in [5, 5.41) is 10.7. The van der Waals surface area contributed by atoms with Gasteiger partial charge in [-0.05, 0) is 31.2 Å². The molecule has 122 valence electrons. The van der Waals surface area contributed by atoms with Gasteiger partial charge in [0.05, 0.1) is 11.1 Å². The molecule has 2 N–H and O–H groups in total. The number of amides is 1. The van der Waals surface area contributed by atoms with Crippen LogP contribution in [0.2, 0.25) is 0 Å². The van der Waals surface area contributed by atoms with E-state index in [1.807, 2.05) is 0 Å². The molecule has 0 radical (unpaired) electrons. The highest BCUT2D eigenvalue weighted by atomic mass is 32.1. The van der Waals surface area contributed by atoms with E-state index >= 15 is 0 Å². The van der Waals surface area contributed by atoms with Crippen molar-refractivity contribution in [2.45, 2.75) is 26.2 Å². The monoisotopic (exact) mass is 340 g/mol. The molecule has 1 aliphatic carbocycles. The minimum atomic E-state index is -0.360. The molecule has 0 spiro atoms. The standard InChI is InChI=1S/C17H16N4O2S/c1-9-6-7-12-13(8-9)24-17(18-12)19-16(23)14-10-4-2-3-5-11(10)15(22)21-20-14/h2-5,9H,6-8H2,1H3,(H,21,22)(H,18,19,23)/t9-/m1/s1. The number of anilines is 1. The lowest BCUT2D eigenvalue weighted by molar-refractivity contribution is 0.102. The summed E-state index contributed by atoms with van der Waals surface area (Å²) in [6.07, 6.45) is 3.11. The number of fused-ring (bicyclic) bond motifs is 2. The lowest BCUT2D eigenvalue weighted by Gasteiger charge is -2.15. The van der Waals surface area contributed by atoms with Crippen LogP contribution in [0.3, 0.4) is 0 Å². The zero-order chi connectivity index (χ0) is 16.7. The van der Waals surface area contributed by atoms with Gasteiger partial charge in [-0.25, -0.2) is 10.1 Å². The third kappa shape index (κ3) is 2.60. The van der Waals surface area contributed by atoms with Crippen molar-refractivity contribution < 1.29 is 4.79 Å². The molecule has 1 amide bonds. The molecule has 6 nitrogen and oxygen atoms in total. The Morgan fingerprint density at radius 2 is 2.12 bits per heavy atom. The number of carbonyl (C=O) groups excluding carboxylic acids is 1. The van der Waals surface area contributed by atoms with Gasteiger partial charge in [0.15, 0.2) is 10.8 Å². The van der Waals surface area contributed by atoms with E-state index in [2.05, 4.69) is 27.4 Å². The summed E-state index contributed by atoms with van der Waals surface area (Å²) in [5.74, 6) is 0.299. The molecule has 3 aromatic rings. The molecule has 1 atom stereocenters. The van der Waals surface area contributed by atoms with Crippen molar-refractivity contribution in [3.63, 3.8) is 0 Å². The van der Waals surface area contributed by atoms with Gasteiger partial charge in [0, 0.05) is 10.3 Å². The first-order valence-corrected chi connectivity index (χ1v) is 8.71. The van der Waals surface area contributed by atoms with Crippen LogP contribution in [0, 0.1) is 5.92 Å². The molecular formula is C17H16N4O2S. The Bertz CT molecular complexity index is 992. The number of rotatable bonds is 2. The topological polar surface area (TPSA) is 87.7 Å². The summed E-state index contributed by atoms with van der Waals surface area (Å²) < 4.78 is 0. The van der Waals surface area contributed by atoms with E-state index in [0.717, 1.165) is 25.0 Å². The number of thiazole rings is 1. The Hall–Kier alpha value is -2.54. The average molecular weight is 340 g/mol. The largest absolute Gasteiger partial charge is 0.296 e. The fourth-order valence-electron chi connectivity index (χ4n) is 3.04. The number of benzene rings is 1. The first kappa shape index (κ1) is 15.0. The summed E-state index contributed by atoms with van der Waals surface area (Å²) in [6, 6.07) is 6.94. The molecule has 0 unspecified atom stereocenters. The van der Waals surface area contributed by atoms with Crippen LogP contribution in [0.25, 0.3) is 10.8 Å². The number of aromatic nitrogens is 3. The maximum atomic E-state index is 12.6. The Kier molecular flexibility index (Phi) is 3.65. The summed E-state index contributed by atoms with van der Waals surface area (Å²) >= 11 is 1.53. The molecule has 0 saturated heterocycles. The lowest BCUT2D eigenvalue weighted by atomic mass is 9.93. The highest BCUT2D eigenvalue weighted by molar-refractivity contribution is 7.15. The summed E-state index contributed by atoms with van der Waals surface area (Å²) in [5.41, 5.74) is 0.986. The molecular weight excluding hydrogens is 324 g/mol. The molecule has 0 aliphatic heterocycles. The van der Waals surface area contributed by atoms with Gasteiger partial charge in [0.2, 0.25) is 0 Å². The van der Waals surface area contributed by atoms with Crippen molar-refractivity contribution in [1.82, 2.24) is 15.2 Å². The molecule has 0 saturated carbocycles. The molecule has 4 rings (SSSR count). The van der Waals surface area contributed by atoms with Crippen molar-refractivity contribution >= 4 is 33.1 Å². The summed E-state index contributed by atoms with van der Waals surface area (Å²) in [7, 11) is 0. The van der Waals surface area contributed by atoms with Crippen LogP contribution in [0.4, 0.5) is 5.13 Å². The molecule has 24 heavy (non-hydrogen) atoms. The second-order valence-corrected chi connectivity index (χ2v) is 7.22. The van der Waals surface area contributed by atoms with Gasteiger partial charge in [0.1, 0.15) is 0 Å². The predicted molar refractivity (Wildman–Crippen MR) is 93.6 cm³/mol. The number of aryl methyl sites for hydroxylation is 1. The van der Waals surface area contributed by atoms with Gasteiger partial charge in [-0.1, -0.05) is 25.1 Å². The third-order valence-electron chi connectivity index (χ3n) is 4.32. The number of nitrogens with one attached hydrogen (secondary N) is 2. The van der Waals surface area contributed by atoms with E-state index in [9.17, 15) is 9.59 Å². The number of carbonyl (C=O) groups is 1. The van der Waals surface area contributed by atoms with Crippen molar-refractivity contribution in [2.24, 2.45) is 5.92 Å². The number of aromatic amines is 1. The molecule has 0 bridgehead atoms. The molecule has 2 heterocycles. The highest BCUT2D eigenvalue weighted by Gasteiger charge is 2.21. The number of nitrogens with zero attached hydrogens (tertiary/aromatic N) is 2. The Morgan fingerprint density at radius 3 is 2.96 bits per heavy atom. The van der Waals surface area contributed by atoms with Gasteiger partial charge in [-0.15, -0.1) is 11.3 Å². The Balaban J connectivity index is 1.66. The van der Waals surface area contributed by atoms with Crippen LogP contribution in [0.5, 0.6) is 0 Å². The van der Waals surface area contributed by atoms with E-state index in [0.29, 0.717) is 21.8 Å². The predicted octanol–water partition coefficient (Wildman–Crippen LogP) is 2.76. The number of H-pyrrole nitrogens is 1. The summed E-state index contributed by atoms with van der Waals surface area (Å²) in [6.45, 7) is 2.23. The maximum Gasteiger partial charge on any atom is 0.278 e. The van der Waals surface area contributed by atoms with Crippen molar-refractivity contribution in [1.29, 1.82) is 0 Å². The van der Waals surface area contributed by atoms with Gasteiger partial charge < -0.3 is 0 Å². The number of hydrogen-bond donors (Lipinski definition) is 2. The Morgan fingerprint density at radius 1 is 1.33 bits per heavy atom. The average Bonchev–Trinajstić information content (AvgIpc) is 2.96. The molecule has 7 heteroatoms. The highest BCUT2D eigenvalue weighted by Crippen LogP contribution is 2.32. The zero-order valence-electron chi connectivity index (χ0n) is 13.1. The zero-order valence-corrected chi connectivity index (χ0v) is 13.9. The minimum absolute atomic E-state index is 0.201. The van der Waals surface area contributed by atoms with Gasteiger partial charge in [-0.2, -0.15) is 5.10 Å². The molecule has 1 aromatic carbocycles. The minimum Gasteiger partial charge on any atom is -0.296 e.